The topological polar surface area (TPSA) is 60.2 Å². The first kappa shape index (κ1) is 16.7. The number of nitrogens with zero attached hydrogens (tertiary/aromatic N) is 2. The van der Waals surface area contributed by atoms with Gasteiger partial charge in [0.15, 0.2) is 5.11 Å². The highest BCUT2D eigenvalue weighted by Gasteiger charge is 1.99. The van der Waals surface area contributed by atoms with Gasteiger partial charge in [-0.1, -0.05) is 42.5 Å². The lowest BCUT2D eigenvalue weighted by molar-refractivity contribution is 0.836. The van der Waals surface area contributed by atoms with Crippen molar-refractivity contribution < 1.29 is 0 Å². The number of rotatable bonds is 5. The summed E-state index contributed by atoms with van der Waals surface area (Å²) in [6.45, 7) is 2.64. The van der Waals surface area contributed by atoms with Gasteiger partial charge >= 0.3 is 0 Å². The van der Waals surface area contributed by atoms with Crippen molar-refractivity contribution in [3.63, 3.8) is 0 Å². The fourth-order valence-electron chi connectivity index (χ4n) is 1.99. The van der Waals surface area contributed by atoms with Crippen LogP contribution in [-0.2, 0) is 6.42 Å². The smallest absolute Gasteiger partial charge is 0.186 e. The van der Waals surface area contributed by atoms with E-state index in [1.807, 2.05) is 37.3 Å². The lowest BCUT2D eigenvalue weighted by Crippen LogP contribution is -2.33. The van der Waals surface area contributed by atoms with Crippen molar-refractivity contribution in [1.29, 1.82) is 5.26 Å². The Kier molecular flexibility index (Phi) is 6.28. The van der Waals surface area contributed by atoms with E-state index in [0.717, 1.165) is 24.2 Å². The van der Waals surface area contributed by atoms with Crippen molar-refractivity contribution in [3.05, 3.63) is 71.3 Å². The minimum Gasteiger partial charge on any atom is -0.361 e. The second kappa shape index (κ2) is 8.66. The first-order chi connectivity index (χ1) is 11.2. The Bertz CT molecular complexity index is 715. The van der Waals surface area contributed by atoms with E-state index in [1.54, 1.807) is 12.1 Å². The van der Waals surface area contributed by atoms with Gasteiger partial charge in [0, 0.05) is 6.54 Å². The molecule has 0 atom stereocenters. The van der Waals surface area contributed by atoms with Gasteiger partial charge in [-0.05, 0) is 48.8 Å². The van der Waals surface area contributed by atoms with Crippen LogP contribution < -0.4 is 10.7 Å². The molecule has 0 saturated heterocycles. The maximum Gasteiger partial charge on any atom is 0.186 e. The summed E-state index contributed by atoms with van der Waals surface area (Å²) >= 11 is 5.20. The van der Waals surface area contributed by atoms with E-state index in [-0.39, 0.29) is 0 Å². The first-order valence-electron chi connectivity index (χ1n) is 7.31. The standard InChI is InChI=1S/C18H18N4S/c1-14(17-9-7-16(13-19)8-10-17)21-22-18(23)20-12-11-15-5-3-2-4-6-15/h2-10H,11-12H2,1H3,(H2,20,22,23)/b21-14-. The van der Waals surface area contributed by atoms with E-state index in [4.69, 9.17) is 17.5 Å². The number of benzene rings is 2. The predicted octanol–water partition coefficient (Wildman–Crippen LogP) is 2.99. The van der Waals surface area contributed by atoms with Gasteiger partial charge in [0.05, 0.1) is 17.3 Å². The molecule has 2 N–H and O–H groups in total. The molecule has 4 nitrogen and oxygen atoms in total. The molecule has 0 spiro atoms. The molecule has 0 aliphatic heterocycles. The molecule has 2 aromatic rings. The van der Waals surface area contributed by atoms with Crippen molar-refractivity contribution in [2.45, 2.75) is 13.3 Å². The van der Waals surface area contributed by atoms with E-state index in [0.29, 0.717) is 10.7 Å². The van der Waals surface area contributed by atoms with Crippen molar-refractivity contribution in [2.24, 2.45) is 5.10 Å². The van der Waals surface area contributed by atoms with E-state index in [1.165, 1.54) is 5.56 Å². The van der Waals surface area contributed by atoms with Crippen LogP contribution in [0.4, 0.5) is 0 Å². The van der Waals surface area contributed by atoms with E-state index < -0.39 is 0 Å². The molecular formula is C18H18N4S. The Morgan fingerprint density at radius 2 is 1.83 bits per heavy atom. The molecule has 0 unspecified atom stereocenters. The van der Waals surface area contributed by atoms with Gasteiger partial charge in [-0.25, -0.2) is 0 Å². The summed E-state index contributed by atoms with van der Waals surface area (Å²) in [6.07, 6.45) is 0.904. The molecule has 2 rings (SSSR count). The third kappa shape index (κ3) is 5.53. The second-order valence-corrected chi connectivity index (χ2v) is 5.40. The third-order valence-corrected chi connectivity index (χ3v) is 3.53. The summed E-state index contributed by atoms with van der Waals surface area (Å²) in [4.78, 5) is 0. The zero-order valence-corrected chi connectivity index (χ0v) is 13.7. The quantitative estimate of drug-likeness (QED) is 0.505. The highest BCUT2D eigenvalue weighted by atomic mass is 32.1. The van der Waals surface area contributed by atoms with Gasteiger partial charge in [0.1, 0.15) is 0 Å². The molecule has 0 amide bonds. The molecule has 0 aliphatic carbocycles. The first-order valence-corrected chi connectivity index (χ1v) is 7.72. The largest absolute Gasteiger partial charge is 0.361 e. The van der Waals surface area contributed by atoms with Gasteiger partial charge in [-0.3, -0.25) is 5.43 Å². The van der Waals surface area contributed by atoms with Gasteiger partial charge in [0.25, 0.3) is 0 Å². The Hall–Kier alpha value is -2.71. The molecule has 23 heavy (non-hydrogen) atoms. The monoisotopic (exact) mass is 322 g/mol. The SMILES string of the molecule is C/C(=N/NC(=S)NCCc1ccccc1)c1ccc(C#N)cc1. The summed E-state index contributed by atoms with van der Waals surface area (Å²) in [6, 6.07) is 19.6. The molecule has 2 aromatic carbocycles. The molecule has 0 radical (unpaired) electrons. The normalized spacial score (nSPS) is 10.7. The Balaban J connectivity index is 1.79. The molecule has 5 heteroatoms. The van der Waals surface area contributed by atoms with Gasteiger partial charge in [0.2, 0.25) is 0 Å². The Morgan fingerprint density at radius 1 is 1.13 bits per heavy atom. The van der Waals surface area contributed by atoms with Crippen LogP contribution in [0.3, 0.4) is 0 Å². The predicted molar refractivity (Wildman–Crippen MR) is 97.3 cm³/mol. The number of hydrazone groups is 1. The number of nitriles is 1. The van der Waals surface area contributed by atoms with Crippen molar-refractivity contribution in [1.82, 2.24) is 10.7 Å². The van der Waals surface area contributed by atoms with Crippen LogP contribution in [0.15, 0.2) is 59.7 Å². The minimum absolute atomic E-state index is 0.494. The van der Waals surface area contributed by atoms with Crippen LogP contribution >= 0.6 is 12.2 Å². The lowest BCUT2D eigenvalue weighted by Gasteiger charge is -2.08. The van der Waals surface area contributed by atoms with Crippen LogP contribution in [0.1, 0.15) is 23.6 Å². The molecule has 0 aromatic heterocycles. The maximum atomic E-state index is 8.79. The zero-order valence-electron chi connectivity index (χ0n) is 12.9. The fourth-order valence-corrected chi connectivity index (χ4v) is 2.14. The van der Waals surface area contributed by atoms with Crippen molar-refractivity contribution in [3.8, 4) is 6.07 Å². The summed E-state index contributed by atoms with van der Waals surface area (Å²) < 4.78 is 0. The number of nitrogens with one attached hydrogen (secondary N) is 2. The average molecular weight is 322 g/mol. The number of thiocarbonyl (C=S) groups is 1. The van der Waals surface area contributed by atoms with Crippen molar-refractivity contribution in [2.75, 3.05) is 6.54 Å². The molecule has 0 heterocycles. The summed E-state index contributed by atoms with van der Waals surface area (Å²) in [5.41, 5.74) is 6.49. The maximum absolute atomic E-state index is 8.79. The van der Waals surface area contributed by atoms with Crippen LogP contribution in [0.25, 0.3) is 0 Å². The lowest BCUT2D eigenvalue weighted by atomic mass is 10.1. The second-order valence-electron chi connectivity index (χ2n) is 4.99. The number of hydrogen-bond acceptors (Lipinski definition) is 3. The highest BCUT2D eigenvalue weighted by Crippen LogP contribution is 2.04. The van der Waals surface area contributed by atoms with Gasteiger partial charge in [-0.2, -0.15) is 10.4 Å². The van der Waals surface area contributed by atoms with Gasteiger partial charge in [-0.15, -0.1) is 0 Å². The Labute approximate surface area is 141 Å². The summed E-state index contributed by atoms with van der Waals surface area (Å²) in [5, 5.41) is 16.7. The molecule has 0 fully saturated rings. The van der Waals surface area contributed by atoms with Crippen LogP contribution in [0.2, 0.25) is 0 Å². The molecule has 0 aliphatic rings. The molecular weight excluding hydrogens is 304 g/mol. The summed E-state index contributed by atoms with van der Waals surface area (Å²) in [5.74, 6) is 0. The van der Waals surface area contributed by atoms with Crippen molar-refractivity contribution >= 4 is 23.0 Å². The zero-order chi connectivity index (χ0) is 16.5. The molecule has 0 saturated carbocycles. The molecule has 0 bridgehead atoms. The number of hydrogen-bond donors (Lipinski definition) is 2. The van der Waals surface area contributed by atoms with E-state index >= 15 is 0 Å². The average Bonchev–Trinajstić information content (AvgIpc) is 2.60. The molecule has 116 valence electrons. The van der Waals surface area contributed by atoms with Crippen LogP contribution in [0, 0.1) is 11.3 Å². The van der Waals surface area contributed by atoms with Crippen LogP contribution in [0.5, 0.6) is 0 Å². The van der Waals surface area contributed by atoms with E-state index in [2.05, 4.69) is 34.0 Å². The summed E-state index contributed by atoms with van der Waals surface area (Å²) in [7, 11) is 0. The third-order valence-electron chi connectivity index (χ3n) is 3.30. The van der Waals surface area contributed by atoms with Gasteiger partial charge < -0.3 is 5.32 Å². The fraction of sp³-hybridized carbons (Fsp3) is 0.167. The Morgan fingerprint density at radius 3 is 2.48 bits per heavy atom. The highest BCUT2D eigenvalue weighted by molar-refractivity contribution is 7.80. The van der Waals surface area contributed by atoms with E-state index in [9.17, 15) is 0 Å². The van der Waals surface area contributed by atoms with Crippen LogP contribution in [-0.4, -0.2) is 17.4 Å². The minimum atomic E-state index is 0.494.